The molecule has 2 atom stereocenters. The van der Waals surface area contributed by atoms with Crippen LogP contribution in [0, 0.1) is 5.41 Å². The molecule has 0 saturated heterocycles. The van der Waals surface area contributed by atoms with E-state index in [2.05, 4.69) is 31.4 Å². The first kappa shape index (κ1) is 16.9. The Bertz CT molecular complexity index is 282. The number of carbonyl (C=O) groups is 2. The van der Waals surface area contributed by atoms with E-state index in [4.69, 9.17) is 5.73 Å². The van der Waals surface area contributed by atoms with Crippen molar-refractivity contribution in [3.05, 3.63) is 0 Å². The quantitative estimate of drug-likeness (QED) is 0.615. The minimum atomic E-state index is -0.596. The zero-order valence-electron chi connectivity index (χ0n) is 12.2. The third-order valence-corrected chi connectivity index (χ3v) is 2.57. The third kappa shape index (κ3) is 8.06. The minimum Gasteiger partial charge on any atom is -0.354 e. The maximum Gasteiger partial charge on any atom is 0.242 e. The van der Waals surface area contributed by atoms with E-state index in [-0.39, 0.29) is 17.2 Å². The molecule has 0 fully saturated rings. The zero-order valence-corrected chi connectivity index (χ0v) is 12.2. The van der Waals surface area contributed by atoms with Crippen LogP contribution < -0.4 is 16.4 Å². The van der Waals surface area contributed by atoms with Crippen LogP contribution >= 0.6 is 0 Å². The number of carbonyl (C=O) groups excluding carboxylic acids is 2. The Labute approximate surface area is 110 Å². The van der Waals surface area contributed by atoms with Gasteiger partial charge >= 0.3 is 0 Å². The molecule has 2 unspecified atom stereocenters. The van der Waals surface area contributed by atoms with E-state index in [1.807, 2.05) is 0 Å². The van der Waals surface area contributed by atoms with Gasteiger partial charge in [-0.25, -0.2) is 0 Å². The van der Waals surface area contributed by atoms with Crippen LogP contribution in [0.4, 0.5) is 0 Å². The maximum absolute atomic E-state index is 11.7. The van der Waals surface area contributed by atoms with Crippen molar-refractivity contribution in [1.29, 1.82) is 0 Å². The summed E-state index contributed by atoms with van der Waals surface area (Å²) in [4.78, 5) is 23.0. The summed E-state index contributed by atoms with van der Waals surface area (Å²) in [6, 6.07) is -1.14. The second kappa shape index (κ2) is 7.36. The van der Waals surface area contributed by atoms with Crippen LogP contribution in [0.15, 0.2) is 0 Å². The van der Waals surface area contributed by atoms with Crippen molar-refractivity contribution in [3.63, 3.8) is 0 Å². The molecule has 0 spiro atoms. The lowest BCUT2D eigenvalue weighted by Gasteiger charge is -2.19. The minimum absolute atomic E-state index is 0.169. The summed E-state index contributed by atoms with van der Waals surface area (Å²) in [5.41, 5.74) is 5.69. The highest BCUT2D eigenvalue weighted by atomic mass is 16.2. The third-order valence-electron chi connectivity index (χ3n) is 2.57. The Morgan fingerprint density at radius 2 is 1.72 bits per heavy atom. The molecule has 0 saturated carbocycles. The smallest absolute Gasteiger partial charge is 0.242 e. The Morgan fingerprint density at radius 1 is 1.17 bits per heavy atom. The van der Waals surface area contributed by atoms with Gasteiger partial charge in [-0.3, -0.25) is 9.59 Å². The van der Waals surface area contributed by atoms with Gasteiger partial charge in [0.15, 0.2) is 0 Å². The van der Waals surface area contributed by atoms with Crippen molar-refractivity contribution >= 4 is 11.8 Å². The molecule has 0 aromatic rings. The Hall–Kier alpha value is -1.10. The molecule has 4 N–H and O–H groups in total. The van der Waals surface area contributed by atoms with E-state index in [0.29, 0.717) is 6.54 Å². The van der Waals surface area contributed by atoms with Crippen LogP contribution in [0.2, 0.25) is 0 Å². The Balaban J connectivity index is 3.85. The molecule has 0 aliphatic heterocycles. The molecule has 0 aliphatic carbocycles. The summed E-state index contributed by atoms with van der Waals surface area (Å²) in [5.74, 6) is -0.481. The summed E-state index contributed by atoms with van der Waals surface area (Å²) in [6.45, 7) is 10.4. The summed E-state index contributed by atoms with van der Waals surface area (Å²) >= 11 is 0. The predicted molar refractivity (Wildman–Crippen MR) is 73.0 cm³/mol. The van der Waals surface area contributed by atoms with E-state index < -0.39 is 12.1 Å². The Morgan fingerprint density at radius 3 is 2.17 bits per heavy atom. The average molecular weight is 257 g/mol. The van der Waals surface area contributed by atoms with E-state index in [0.717, 1.165) is 12.8 Å². The molecule has 0 bridgehead atoms. The van der Waals surface area contributed by atoms with Crippen LogP contribution in [0.5, 0.6) is 0 Å². The van der Waals surface area contributed by atoms with Crippen molar-refractivity contribution in [2.75, 3.05) is 6.54 Å². The van der Waals surface area contributed by atoms with Crippen LogP contribution in [-0.2, 0) is 9.59 Å². The van der Waals surface area contributed by atoms with E-state index in [1.165, 1.54) is 0 Å². The standard InChI is InChI=1S/C13H27N3O2/c1-9(14)11(17)16-10(2)12(18)15-8-6-7-13(3,4)5/h9-10H,6-8,14H2,1-5H3,(H,15,18)(H,16,17). The summed E-state index contributed by atoms with van der Waals surface area (Å²) in [6.07, 6.45) is 1.98. The molecule has 0 aliphatic rings. The highest BCUT2D eigenvalue weighted by Crippen LogP contribution is 2.19. The lowest BCUT2D eigenvalue weighted by Crippen LogP contribution is -2.49. The molecule has 106 valence electrons. The van der Waals surface area contributed by atoms with Crippen LogP contribution in [0.3, 0.4) is 0 Å². The van der Waals surface area contributed by atoms with Gasteiger partial charge in [0.2, 0.25) is 11.8 Å². The molecule has 18 heavy (non-hydrogen) atoms. The molecule has 0 radical (unpaired) electrons. The van der Waals surface area contributed by atoms with E-state index in [1.54, 1.807) is 13.8 Å². The van der Waals surface area contributed by atoms with Crippen molar-refractivity contribution in [1.82, 2.24) is 10.6 Å². The molecule has 0 rings (SSSR count). The predicted octanol–water partition coefficient (Wildman–Crippen LogP) is 0.781. The fraction of sp³-hybridized carbons (Fsp3) is 0.846. The van der Waals surface area contributed by atoms with Gasteiger partial charge in [0.25, 0.3) is 0 Å². The normalized spacial score (nSPS) is 14.8. The van der Waals surface area contributed by atoms with E-state index >= 15 is 0 Å². The number of rotatable bonds is 6. The Kier molecular flexibility index (Phi) is 6.91. The fourth-order valence-electron chi connectivity index (χ4n) is 1.39. The second-order valence-corrected chi connectivity index (χ2v) is 5.97. The molecule has 0 heterocycles. The SMILES string of the molecule is CC(N)C(=O)NC(C)C(=O)NCCCC(C)(C)C. The van der Waals surface area contributed by atoms with Gasteiger partial charge in [-0.05, 0) is 32.1 Å². The first-order chi connectivity index (χ1) is 8.13. The molecule has 5 heteroatoms. The topological polar surface area (TPSA) is 84.2 Å². The fourth-order valence-corrected chi connectivity index (χ4v) is 1.39. The van der Waals surface area contributed by atoms with Crippen LogP contribution in [0.1, 0.15) is 47.5 Å². The van der Waals surface area contributed by atoms with Crippen LogP contribution in [-0.4, -0.2) is 30.4 Å². The largest absolute Gasteiger partial charge is 0.354 e. The van der Waals surface area contributed by atoms with Crippen LogP contribution in [0.25, 0.3) is 0 Å². The number of hydrogen-bond donors (Lipinski definition) is 3. The van der Waals surface area contributed by atoms with E-state index in [9.17, 15) is 9.59 Å². The summed E-state index contributed by atoms with van der Waals surface area (Å²) < 4.78 is 0. The molecule has 0 aromatic carbocycles. The second-order valence-electron chi connectivity index (χ2n) is 5.97. The van der Waals surface area contributed by atoms with Gasteiger partial charge in [0, 0.05) is 6.54 Å². The number of nitrogens with one attached hydrogen (secondary N) is 2. The highest BCUT2D eigenvalue weighted by molar-refractivity contribution is 5.89. The zero-order chi connectivity index (χ0) is 14.3. The van der Waals surface area contributed by atoms with Crippen molar-refractivity contribution in [3.8, 4) is 0 Å². The highest BCUT2D eigenvalue weighted by Gasteiger charge is 2.17. The van der Waals surface area contributed by atoms with Gasteiger partial charge in [-0.2, -0.15) is 0 Å². The van der Waals surface area contributed by atoms with Gasteiger partial charge in [0.1, 0.15) is 6.04 Å². The average Bonchev–Trinajstić information content (AvgIpc) is 2.22. The maximum atomic E-state index is 11.7. The molecule has 2 amide bonds. The first-order valence-electron chi connectivity index (χ1n) is 6.47. The molecular weight excluding hydrogens is 230 g/mol. The molecule has 5 nitrogen and oxygen atoms in total. The van der Waals surface area contributed by atoms with Crippen molar-refractivity contribution in [2.45, 2.75) is 59.5 Å². The first-order valence-corrected chi connectivity index (χ1v) is 6.47. The number of nitrogens with two attached hydrogens (primary N) is 1. The lowest BCUT2D eigenvalue weighted by molar-refractivity contribution is -0.129. The number of amides is 2. The summed E-state index contributed by atoms with van der Waals surface area (Å²) in [7, 11) is 0. The number of hydrogen-bond acceptors (Lipinski definition) is 3. The lowest BCUT2D eigenvalue weighted by atomic mass is 9.91. The van der Waals surface area contributed by atoms with Gasteiger partial charge in [-0.1, -0.05) is 20.8 Å². The van der Waals surface area contributed by atoms with Crippen molar-refractivity contribution in [2.24, 2.45) is 11.1 Å². The molecule has 0 aromatic heterocycles. The summed E-state index contributed by atoms with van der Waals surface area (Å²) in [5, 5.41) is 5.37. The van der Waals surface area contributed by atoms with Gasteiger partial charge in [-0.15, -0.1) is 0 Å². The van der Waals surface area contributed by atoms with Gasteiger partial charge < -0.3 is 16.4 Å². The van der Waals surface area contributed by atoms with Crippen molar-refractivity contribution < 1.29 is 9.59 Å². The monoisotopic (exact) mass is 257 g/mol. The van der Waals surface area contributed by atoms with Gasteiger partial charge in [0.05, 0.1) is 6.04 Å². The molecular formula is C13H27N3O2.